The van der Waals surface area contributed by atoms with E-state index < -0.39 is 0 Å². The first kappa shape index (κ1) is 22.2. The van der Waals surface area contributed by atoms with Crippen molar-refractivity contribution in [1.29, 1.82) is 0 Å². The molecular weight excluding hydrogens is 438 g/mol. The number of nitrogens with one attached hydrogen (secondary N) is 1. The molecule has 2 aliphatic carbocycles. The van der Waals surface area contributed by atoms with Gasteiger partial charge in [0.2, 0.25) is 17.7 Å². The first-order valence-corrected chi connectivity index (χ1v) is 12.5. The van der Waals surface area contributed by atoms with Gasteiger partial charge in [-0.05, 0) is 71.0 Å². The molecule has 3 N–H and O–H groups in total. The van der Waals surface area contributed by atoms with Gasteiger partial charge in [-0.25, -0.2) is 9.98 Å². The van der Waals surface area contributed by atoms with Crippen molar-refractivity contribution in [2.75, 3.05) is 19.4 Å². The van der Waals surface area contributed by atoms with Gasteiger partial charge in [0, 0.05) is 17.3 Å². The molecular formula is C23H31N7O2S. The quantitative estimate of drug-likeness (QED) is 0.671. The van der Waals surface area contributed by atoms with E-state index in [0.29, 0.717) is 30.1 Å². The Bertz CT molecular complexity index is 1120. The molecule has 2 aromatic rings. The normalized spacial score (nSPS) is 26.6. The number of fused-ring (bicyclic) bond motifs is 3. The maximum absolute atomic E-state index is 11.7. The van der Waals surface area contributed by atoms with Crippen LogP contribution in [0.25, 0.3) is 10.2 Å². The van der Waals surface area contributed by atoms with E-state index in [-0.39, 0.29) is 24.1 Å². The molecule has 176 valence electrons. The molecule has 0 aromatic carbocycles. The standard InChI is InChI=1S/C23H31N7O2S/c1-12-25-11-18(26-12)27-23-28-21(32-15-7-5-14(6-8-15)30(2)3)20-19-13(10-17(24)31)4-9-16(19)33-22(20)29-23/h11-15H,4-10H2,1-3H3,(H2,24,31)(H,26,27,28,29)/t12?,13?,14-,15-. The Morgan fingerprint density at radius 3 is 2.70 bits per heavy atom. The van der Waals surface area contributed by atoms with Crippen molar-refractivity contribution in [3.8, 4) is 5.88 Å². The molecule has 9 nitrogen and oxygen atoms in total. The summed E-state index contributed by atoms with van der Waals surface area (Å²) < 4.78 is 6.57. The summed E-state index contributed by atoms with van der Waals surface area (Å²) in [7, 11) is 4.28. The number of ether oxygens (including phenoxy) is 1. The number of nitrogens with zero attached hydrogens (tertiary/aromatic N) is 5. The molecule has 3 heterocycles. The fourth-order valence-electron chi connectivity index (χ4n) is 5.15. The molecule has 1 amide bonds. The topological polar surface area (TPSA) is 118 Å². The van der Waals surface area contributed by atoms with Crippen LogP contribution in [0.2, 0.25) is 0 Å². The molecule has 33 heavy (non-hydrogen) atoms. The van der Waals surface area contributed by atoms with Gasteiger partial charge in [-0.3, -0.25) is 9.79 Å². The number of hydrogen-bond donors (Lipinski definition) is 2. The zero-order valence-electron chi connectivity index (χ0n) is 19.4. The highest BCUT2D eigenvalue weighted by Gasteiger charge is 2.33. The summed E-state index contributed by atoms with van der Waals surface area (Å²) in [4.78, 5) is 34.4. The van der Waals surface area contributed by atoms with Crippen molar-refractivity contribution in [3.05, 3.63) is 10.4 Å². The Kier molecular flexibility index (Phi) is 6.05. The van der Waals surface area contributed by atoms with Crippen molar-refractivity contribution in [2.24, 2.45) is 15.7 Å². The third kappa shape index (κ3) is 4.59. The summed E-state index contributed by atoms with van der Waals surface area (Å²) in [6, 6.07) is 0.597. The lowest BCUT2D eigenvalue weighted by Crippen LogP contribution is -2.35. The number of aliphatic imine (C=N–C) groups is 2. The highest BCUT2D eigenvalue weighted by atomic mass is 32.1. The van der Waals surface area contributed by atoms with E-state index in [1.165, 1.54) is 4.88 Å². The number of rotatable bonds is 6. The largest absolute Gasteiger partial charge is 0.474 e. The van der Waals surface area contributed by atoms with Crippen molar-refractivity contribution in [1.82, 2.24) is 14.9 Å². The molecule has 0 saturated heterocycles. The average molecular weight is 470 g/mol. The van der Waals surface area contributed by atoms with E-state index >= 15 is 0 Å². The molecule has 0 spiro atoms. The Balaban J connectivity index is 1.49. The minimum absolute atomic E-state index is 0.0982. The number of aryl methyl sites for hydroxylation is 1. The van der Waals surface area contributed by atoms with Crippen LogP contribution in [0.5, 0.6) is 5.88 Å². The summed E-state index contributed by atoms with van der Waals surface area (Å²) >= 11 is 1.67. The van der Waals surface area contributed by atoms with Crippen LogP contribution in [-0.2, 0) is 11.2 Å². The predicted molar refractivity (Wildman–Crippen MR) is 132 cm³/mol. The molecule has 1 fully saturated rings. The number of carbonyl (C=O) groups excluding carboxylic acids is 1. The first-order chi connectivity index (χ1) is 15.9. The van der Waals surface area contributed by atoms with Gasteiger partial charge in [0.15, 0.2) is 0 Å². The van der Waals surface area contributed by atoms with Crippen LogP contribution in [0.15, 0.2) is 9.98 Å². The summed E-state index contributed by atoms with van der Waals surface area (Å²) in [5, 5.41) is 4.15. The lowest BCUT2D eigenvalue weighted by Gasteiger charge is -2.32. The lowest BCUT2D eigenvalue weighted by molar-refractivity contribution is -0.118. The molecule has 2 aromatic heterocycles. The molecule has 2 atom stereocenters. The Labute approximate surface area is 197 Å². The van der Waals surface area contributed by atoms with Gasteiger partial charge in [0.25, 0.3) is 0 Å². The number of thiophene rings is 1. The number of primary amides is 1. The Morgan fingerprint density at radius 2 is 2.03 bits per heavy atom. The van der Waals surface area contributed by atoms with Crippen LogP contribution in [0.3, 0.4) is 0 Å². The van der Waals surface area contributed by atoms with Gasteiger partial charge in [-0.1, -0.05) is 0 Å². The van der Waals surface area contributed by atoms with Gasteiger partial charge in [0.05, 0.1) is 11.6 Å². The predicted octanol–water partition coefficient (Wildman–Crippen LogP) is 3.09. The molecule has 3 aliphatic rings. The van der Waals surface area contributed by atoms with Gasteiger partial charge < -0.3 is 20.7 Å². The van der Waals surface area contributed by atoms with Gasteiger partial charge >= 0.3 is 0 Å². The number of carbonyl (C=O) groups is 1. The fraction of sp³-hybridized carbons (Fsp3) is 0.609. The number of anilines is 1. The number of amidine groups is 1. The van der Waals surface area contributed by atoms with Gasteiger partial charge in [0.1, 0.15) is 22.9 Å². The van der Waals surface area contributed by atoms with E-state index in [0.717, 1.165) is 54.3 Å². The average Bonchev–Trinajstić information content (AvgIpc) is 3.44. The molecule has 1 aliphatic heterocycles. The SMILES string of the molecule is CC1N=CC(Nc2nc(O[C@H]3CC[C@H](N(C)C)CC3)c3c4c(sc3n2)CCC4CC(N)=O)=N1. The maximum Gasteiger partial charge on any atom is 0.233 e. The summed E-state index contributed by atoms with van der Waals surface area (Å²) in [5.74, 6) is 1.55. The second kappa shape index (κ2) is 8.98. The fourth-order valence-corrected chi connectivity index (χ4v) is 6.42. The minimum atomic E-state index is -0.275. The number of aromatic nitrogens is 2. The monoisotopic (exact) mass is 469 g/mol. The smallest absolute Gasteiger partial charge is 0.233 e. The van der Waals surface area contributed by atoms with Crippen LogP contribution in [0.1, 0.15) is 61.8 Å². The molecule has 5 rings (SSSR count). The Hall–Kier alpha value is -2.59. The third-order valence-electron chi connectivity index (χ3n) is 6.84. The van der Waals surface area contributed by atoms with Crippen LogP contribution in [0.4, 0.5) is 5.95 Å². The zero-order valence-corrected chi connectivity index (χ0v) is 20.2. The summed E-state index contributed by atoms with van der Waals surface area (Å²) in [6.07, 6.45) is 8.12. The lowest BCUT2D eigenvalue weighted by atomic mass is 9.92. The van der Waals surface area contributed by atoms with Crippen LogP contribution in [-0.4, -0.2) is 65.2 Å². The highest BCUT2D eigenvalue weighted by molar-refractivity contribution is 7.19. The first-order valence-electron chi connectivity index (χ1n) is 11.7. The van der Waals surface area contributed by atoms with Gasteiger partial charge in [-0.2, -0.15) is 4.98 Å². The van der Waals surface area contributed by atoms with Crippen molar-refractivity contribution >= 4 is 45.5 Å². The second-order valence-electron chi connectivity index (χ2n) is 9.44. The number of amides is 1. The maximum atomic E-state index is 11.7. The minimum Gasteiger partial charge on any atom is -0.474 e. The second-order valence-corrected chi connectivity index (χ2v) is 10.5. The van der Waals surface area contributed by atoms with E-state index in [9.17, 15) is 4.79 Å². The van der Waals surface area contributed by atoms with Crippen molar-refractivity contribution in [2.45, 2.75) is 76.1 Å². The molecule has 0 bridgehead atoms. The summed E-state index contributed by atoms with van der Waals surface area (Å²) in [5.41, 5.74) is 6.71. The third-order valence-corrected chi connectivity index (χ3v) is 8.00. The summed E-state index contributed by atoms with van der Waals surface area (Å²) in [6.45, 7) is 1.93. The van der Waals surface area contributed by atoms with Gasteiger partial charge in [-0.15, -0.1) is 11.3 Å². The molecule has 10 heteroatoms. The van der Waals surface area contributed by atoms with Crippen molar-refractivity contribution in [3.63, 3.8) is 0 Å². The van der Waals surface area contributed by atoms with E-state index in [1.54, 1.807) is 17.6 Å². The highest BCUT2D eigenvalue weighted by Crippen LogP contribution is 2.48. The molecule has 1 saturated carbocycles. The number of nitrogens with two attached hydrogens (primary N) is 1. The van der Waals surface area contributed by atoms with Crippen LogP contribution >= 0.6 is 11.3 Å². The van der Waals surface area contributed by atoms with Crippen LogP contribution < -0.4 is 15.8 Å². The molecule has 2 unspecified atom stereocenters. The Morgan fingerprint density at radius 1 is 1.24 bits per heavy atom. The van der Waals surface area contributed by atoms with E-state index in [2.05, 4.69) is 34.3 Å². The van der Waals surface area contributed by atoms with Crippen molar-refractivity contribution < 1.29 is 9.53 Å². The van der Waals surface area contributed by atoms with Crippen LogP contribution in [0, 0.1) is 0 Å². The van der Waals surface area contributed by atoms with E-state index in [1.807, 2.05) is 6.92 Å². The molecule has 0 radical (unpaired) electrons. The number of hydrogen-bond acceptors (Lipinski definition) is 9. The van der Waals surface area contributed by atoms with E-state index in [4.69, 9.17) is 20.4 Å². The zero-order chi connectivity index (χ0) is 23.1.